The van der Waals surface area contributed by atoms with Gasteiger partial charge < -0.3 is 9.15 Å². The number of fused-ring (bicyclic) bond motifs is 2. The third kappa shape index (κ3) is 4.53. The molecule has 1 aliphatic rings. The van der Waals surface area contributed by atoms with Crippen LogP contribution in [0, 0.1) is 0 Å². The number of aliphatic imine (C=N–C) groups is 1. The average molecular weight is 443 g/mol. The first-order valence-corrected chi connectivity index (χ1v) is 11.3. The van der Waals surface area contributed by atoms with Crippen LogP contribution in [0.3, 0.4) is 0 Å². The van der Waals surface area contributed by atoms with Gasteiger partial charge in [-0.3, -0.25) is 19.1 Å². The molecule has 0 aliphatic carbocycles. The lowest BCUT2D eigenvalue weighted by atomic mass is 10.2. The largest absolute Gasteiger partial charge is 0.466 e. The van der Waals surface area contributed by atoms with Crippen molar-refractivity contribution in [3.63, 3.8) is 0 Å². The van der Waals surface area contributed by atoms with Gasteiger partial charge in [0, 0.05) is 25.1 Å². The number of hydrogen-bond donors (Lipinski definition) is 1. The lowest BCUT2D eigenvalue weighted by Crippen LogP contribution is -2.22. The number of ether oxygens (including phenoxy) is 1. The highest BCUT2D eigenvalue weighted by molar-refractivity contribution is 7.90. The summed E-state index contributed by atoms with van der Waals surface area (Å²) < 4.78 is 38.4. The van der Waals surface area contributed by atoms with Crippen LogP contribution in [0.25, 0.3) is 11.1 Å². The molecule has 0 saturated carbocycles. The molecule has 0 saturated heterocycles. The summed E-state index contributed by atoms with van der Waals surface area (Å²) in [6, 6.07) is 13.8. The molecule has 0 spiro atoms. The van der Waals surface area contributed by atoms with E-state index in [9.17, 15) is 18.0 Å². The summed E-state index contributed by atoms with van der Waals surface area (Å²) in [7, 11) is -3.56. The highest BCUT2D eigenvalue weighted by Gasteiger charge is 2.29. The first-order chi connectivity index (χ1) is 15.0. The SMILES string of the molecule is O=C(CCCN=C1NS(=O)(=O)c2ccccc21)OCCCn1c(=O)oc2ccccc21. The van der Waals surface area contributed by atoms with Crippen LogP contribution in [0.5, 0.6) is 0 Å². The van der Waals surface area contributed by atoms with Gasteiger partial charge >= 0.3 is 11.7 Å². The number of nitrogens with one attached hydrogen (secondary N) is 1. The van der Waals surface area contributed by atoms with Gasteiger partial charge in [-0.2, -0.15) is 0 Å². The van der Waals surface area contributed by atoms with E-state index >= 15 is 0 Å². The molecule has 0 atom stereocenters. The fourth-order valence-corrected chi connectivity index (χ4v) is 4.62. The number of carbonyl (C=O) groups excluding carboxylic acids is 1. The molecule has 162 valence electrons. The second kappa shape index (κ2) is 8.76. The fourth-order valence-electron chi connectivity index (χ4n) is 3.37. The number of esters is 1. The van der Waals surface area contributed by atoms with Crippen LogP contribution in [0.2, 0.25) is 0 Å². The number of nitrogens with zero attached hydrogens (tertiary/aromatic N) is 2. The van der Waals surface area contributed by atoms with Crippen LogP contribution in [0.15, 0.2) is 67.6 Å². The fraction of sp³-hybridized carbons (Fsp3) is 0.286. The maximum absolute atomic E-state index is 12.0. The summed E-state index contributed by atoms with van der Waals surface area (Å²) in [5.41, 5.74) is 1.77. The third-order valence-electron chi connectivity index (χ3n) is 4.83. The Hall–Kier alpha value is -3.40. The van der Waals surface area contributed by atoms with Gasteiger partial charge in [0.15, 0.2) is 5.58 Å². The summed E-state index contributed by atoms with van der Waals surface area (Å²) in [6.07, 6.45) is 1.08. The summed E-state index contributed by atoms with van der Waals surface area (Å²) in [4.78, 5) is 28.3. The van der Waals surface area contributed by atoms with Gasteiger partial charge in [0.05, 0.1) is 17.0 Å². The van der Waals surface area contributed by atoms with Crippen molar-refractivity contribution >= 4 is 32.9 Å². The van der Waals surface area contributed by atoms with Gasteiger partial charge in [0.1, 0.15) is 5.84 Å². The van der Waals surface area contributed by atoms with E-state index in [0.717, 1.165) is 0 Å². The number of oxazole rings is 1. The maximum Gasteiger partial charge on any atom is 0.419 e. The van der Waals surface area contributed by atoms with Gasteiger partial charge in [-0.25, -0.2) is 13.2 Å². The van der Waals surface area contributed by atoms with E-state index in [0.29, 0.717) is 41.9 Å². The Morgan fingerprint density at radius 1 is 1.10 bits per heavy atom. The summed E-state index contributed by atoms with van der Waals surface area (Å²) >= 11 is 0. The molecular formula is C21H21N3O6S. The number of para-hydroxylation sites is 2. The summed E-state index contributed by atoms with van der Waals surface area (Å²) in [5.74, 6) is -0.505. The normalized spacial score (nSPS) is 15.7. The standard InChI is InChI=1S/C21H21N3O6S/c25-19(29-14-6-13-24-16-8-2-3-9-17(16)30-21(24)26)11-5-12-22-20-15-7-1-4-10-18(15)31(27,28)23-20/h1-4,7-10H,5-6,11-14H2,(H,22,23). The minimum absolute atomic E-state index is 0.166. The molecule has 1 aliphatic heterocycles. The third-order valence-corrected chi connectivity index (χ3v) is 6.23. The molecule has 0 radical (unpaired) electrons. The number of aromatic nitrogens is 1. The molecular weight excluding hydrogens is 422 g/mol. The minimum atomic E-state index is -3.56. The van der Waals surface area contributed by atoms with Gasteiger partial charge in [0.2, 0.25) is 0 Å². The van der Waals surface area contributed by atoms with E-state index in [-0.39, 0.29) is 30.4 Å². The molecule has 9 nitrogen and oxygen atoms in total. The number of sulfonamides is 1. The molecule has 0 unspecified atom stereocenters. The zero-order valence-electron chi connectivity index (χ0n) is 16.6. The van der Waals surface area contributed by atoms with Gasteiger partial charge in [-0.15, -0.1) is 0 Å². The second-order valence-electron chi connectivity index (χ2n) is 7.00. The van der Waals surface area contributed by atoms with Crippen molar-refractivity contribution in [2.75, 3.05) is 13.2 Å². The number of hydrogen-bond acceptors (Lipinski definition) is 7. The van der Waals surface area contributed by atoms with Crippen LogP contribution in [-0.4, -0.2) is 37.9 Å². The second-order valence-corrected chi connectivity index (χ2v) is 8.65. The minimum Gasteiger partial charge on any atom is -0.466 e. The predicted octanol–water partition coefficient (Wildman–Crippen LogP) is 2.05. The van der Waals surface area contributed by atoms with Crippen LogP contribution in [0.1, 0.15) is 24.8 Å². The molecule has 0 amide bonds. The number of benzene rings is 2. The number of carbonyl (C=O) groups is 1. The van der Waals surface area contributed by atoms with Crippen LogP contribution >= 0.6 is 0 Å². The van der Waals surface area contributed by atoms with E-state index in [1.54, 1.807) is 36.4 Å². The lowest BCUT2D eigenvalue weighted by molar-refractivity contribution is -0.143. The predicted molar refractivity (Wildman–Crippen MR) is 113 cm³/mol. The van der Waals surface area contributed by atoms with Crippen LogP contribution in [-0.2, 0) is 26.1 Å². The maximum atomic E-state index is 12.0. The smallest absolute Gasteiger partial charge is 0.419 e. The van der Waals surface area contributed by atoms with E-state index in [4.69, 9.17) is 9.15 Å². The molecule has 0 fully saturated rings. The number of amidine groups is 1. The van der Waals surface area contributed by atoms with Crippen molar-refractivity contribution in [3.05, 3.63) is 64.6 Å². The van der Waals surface area contributed by atoms with Crippen LogP contribution < -0.4 is 10.5 Å². The molecule has 1 aromatic heterocycles. The molecule has 10 heteroatoms. The molecule has 3 aromatic rings. The molecule has 2 aromatic carbocycles. The van der Waals surface area contributed by atoms with Crippen molar-refractivity contribution in [3.8, 4) is 0 Å². The number of aryl methyl sites for hydroxylation is 1. The molecule has 0 bridgehead atoms. The highest BCUT2D eigenvalue weighted by atomic mass is 32.2. The lowest BCUT2D eigenvalue weighted by Gasteiger charge is -2.05. The zero-order valence-corrected chi connectivity index (χ0v) is 17.4. The molecule has 31 heavy (non-hydrogen) atoms. The van der Waals surface area contributed by atoms with Gasteiger partial charge in [-0.1, -0.05) is 24.3 Å². The van der Waals surface area contributed by atoms with E-state index < -0.39 is 15.8 Å². The Bertz CT molecular complexity index is 1310. The average Bonchev–Trinajstić information content (AvgIpc) is 3.21. The Labute approximate surface area is 178 Å². The molecule has 2 heterocycles. The monoisotopic (exact) mass is 443 g/mol. The van der Waals surface area contributed by atoms with Crippen molar-refractivity contribution in [2.45, 2.75) is 30.7 Å². The Balaban J connectivity index is 1.21. The highest BCUT2D eigenvalue weighted by Crippen LogP contribution is 2.22. The Kier molecular flexibility index (Phi) is 5.90. The van der Waals surface area contributed by atoms with E-state index in [1.165, 1.54) is 10.6 Å². The quantitative estimate of drug-likeness (QED) is 0.420. The first-order valence-electron chi connectivity index (χ1n) is 9.86. The Morgan fingerprint density at radius 2 is 1.87 bits per heavy atom. The van der Waals surface area contributed by atoms with E-state index in [2.05, 4.69) is 9.71 Å². The summed E-state index contributed by atoms with van der Waals surface area (Å²) in [6.45, 7) is 0.862. The van der Waals surface area contributed by atoms with E-state index in [1.807, 2.05) is 6.07 Å². The van der Waals surface area contributed by atoms with Gasteiger partial charge in [-0.05, 0) is 37.1 Å². The summed E-state index contributed by atoms with van der Waals surface area (Å²) in [5, 5.41) is 0. The van der Waals surface area contributed by atoms with Crippen molar-refractivity contribution in [1.29, 1.82) is 0 Å². The van der Waals surface area contributed by atoms with Crippen molar-refractivity contribution in [1.82, 2.24) is 9.29 Å². The Morgan fingerprint density at radius 3 is 2.74 bits per heavy atom. The first kappa shape index (κ1) is 20.9. The van der Waals surface area contributed by atoms with Gasteiger partial charge in [0.25, 0.3) is 10.0 Å². The topological polar surface area (TPSA) is 120 Å². The molecule has 4 rings (SSSR count). The molecule has 1 N–H and O–H groups in total. The van der Waals surface area contributed by atoms with Crippen LogP contribution in [0.4, 0.5) is 0 Å². The van der Waals surface area contributed by atoms with Crippen molar-refractivity contribution in [2.24, 2.45) is 4.99 Å². The zero-order chi connectivity index (χ0) is 21.8. The number of rotatable bonds is 8. The van der Waals surface area contributed by atoms with Crippen molar-refractivity contribution < 1.29 is 22.4 Å².